The zero-order valence-electron chi connectivity index (χ0n) is 15.8. The van der Waals surface area contributed by atoms with Gasteiger partial charge in [0.15, 0.2) is 5.96 Å². The van der Waals surface area contributed by atoms with Crippen LogP contribution in [0.1, 0.15) is 20.3 Å². The highest BCUT2D eigenvalue weighted by Gasteiger charge is 2.05. The van der Waals surface area contributed by atoms with E-state index in [-0.39, 0.29) is 35.9 Å². The lowest BCUT2D eigenvalue weighted by atomic mass is 10.3. The number of nitrogens with one attached hydrogen (secondary N) is 2. The fourth-order valence-electron chi connectivity index (χ4n) is 2.00. The Balaban J connectivity index is 0.00000625. The van der Waals surface area contributed by atoms with Crippen LogP contribution in [0.2, 0.25) is 0 Å². The molecule has 0 aromatic heterocycles. The lowest BCUT2D eigenvalue weighted by Gasteiger charge is -2.15. The number of rotatable bonds is 12. The minimum atomic E-state index is -0.309. The maximum Gasteiger partial charge on any atom is 0.191 e. The van der Waals surface area contributed by atoms with Crippen LogP contribution in [0.15, 0.2) is 29.3 Å². The molecule has 0 spiro atoms. The van der Waals surface area contributed by atoms with Gasteiger partial charge in [0.05, 0.1) is 19.8 Å². The molecular formula is C18H31FIN3O3. The summed E-state index contributed by atoms with van der Waals surface area (Å²) in [6.07, 6.45) is 0.721. The van der Waals surface area contributed by atoms with Gasteiger partial charge < -0.3 is 24.8 Å². The van der Waals surface area contributed by atoms with Crippen molar-refractivity contribution >= 4 is 29.9 Å². The van der Waals surface area contributed by atoms with Crippen LogP contribution >= 0.6 is 24.0 Å². The van der Waals surface area contributed by atoms with Gasteiger partial charge in [0.2, 0.25) is 0 Å². The van der Waals surface area contributed by atoms with E-state index in [0.29, 0.717) is 32.1 Å². The van der Waals surface area contributed by atoms with E-state index < -0.39 is 0 Å². The molecule has 1 aromatic rings. The molecule has 8 heteroatoms. The lowest BCUT2D eigenvalue weighted by molar-refractivity contribution is 0.0698. The first-order valence-corrected chi connectivity index (χ1v) is 8.66. The van der Waals surface area contributed by atoms with Crippen molar-refractivity contribution in [2.45, 2.75) is 26.4 Å². The molecule has 0 heterocycles. The van der Waals surface area contributed by atoms with Gasteiger partial charge in [-0.1, -0.05) is 6.07 Å². The van der Waals surface area contributed by atoms with Gasteiger partial charge in [0.1, 0.15) is 17.7 Å². The fourth-order valence-corrected chi connectivity index (χ4v) is 2.00. The normalized spacial score (nSPS) is 12.2. The number of ether oxygens (including phenoxy) is 3. The summed E-state index contributed by atoms with van der Waals surface area (Å²) < 4.78 is 29.2. The molecule has 0 fully saturated rings. The highest BCUT2D eigenvalue weighted by molar-refractivity contribution is 14.0. The Hall–Kier alpha value is -1.13. The van der Waals surface area contributed by atoms with E-state index in [2.05, 4.69) is 15.6 Å². The quantitative estimate of drug-likeness (QED) is 0.207. The number of guanidine groups is 1. The molecule has 0 saturated carbocycles. The molecule has 0 radical (unpaired) electrons. The first-order chi connectivity index (χ1) is 12.2. The van der Waals surface area contributed by atoms with Crippen molar-refractivity contribution in [2.75, 3.05) is 46.6 Å². The van der Waals surface area contributed by atoms with Crippen LogP contribution in [0, 0.1) is 5.82 Å². The Bertz CT molecular complexity index is 506. The van der Waals surface area contributed by atoms with E-state index in [4.69, 9.17) is 14.2 Å². The van der Waals surface area contributed by atoms with Gasteiger partial charge in [-0.25, -0.2) is 9.38 Å². The SMILES string of the molecule is CCNC(=NCC(C)Oc1cccc(F)c1)NCCCOCCOC.I. The van der Waals surface area contributed by atoms with Crippen LogP contribution < -0.4 is 15.4 Å². The van der Waals surface area contributed by atoms with Gasteiger partial charge in [-0.3, -0.25) is 0 Å². The Kier molecular flexibility index (Phi) is 15.4. The van der Waals surface area contributed by atoms with Crippen molar-refractivity contribution in [3.8, 4) is 5.75 Å². The summed E-state index contributed by atoms with van der Waals surface area (Å²) in [6, 6.07) is 6.12. The summed E-state index contributed by atoms with van der Waals surface area (Å²) in [7, 11) is 1.66. The molecule has 1 aromatic carbocycles. The molecule has 0 amide bonds. The smallest absolute Gasteiger partial charge is 0.191 e. The number of benzene rings is 1. The van der Waals surface area contributed by atoms with E-state index in [1.807, 2.05) is 13.8 Å². The van der Waals surface area contributed by atoms with Crippen LogP contribution in [0.5, 0.6) is 5.75 Å². The van der Waals surface area contributed by atoms with Crippen molar-refractivity contribution in [3.63, 3.8) is 0 Å². The maximum atomic E-state index is 13.2. The van der Waals surface area contributed by atoms with Crippen molar-refractivity contribution in [2.24, 2.45) is 4.99 Å². The van der Waals surface area contributed by atoms with E-state index in [0.717, 1.165) is 25.5 Å². The number of halogens is 2. The van der Waals surface area contributed by atoms with Gasteiger partial charge in [-0.15, -0.1) is 24.0 Å². The third-order valence-corrected chi connectivity index (χ3v) is 3.17. The Labute approximate surface area is 172 Å². The molecule has 0 aliphatic rings. The van der Waals surface area contributed by atoms with Gasteiger partial charge in [0.25, 0.3) is 0 Å². The third kappa shape index (κ3) is 12.3. The predicted octanol–water partition coefficient (Wildman–Crippen LogP) is 2.82. The second kappa shape index (κ2) is 16.1. The number of nitrogens with zero attached hydrogens (tertiary/aromatic N) is 1. The third-order valence-electron chi connectivity index (χ3n) is 3.17. The van der Waals surface area contributed by atoms with Crippen molar-refractivity contribution < 1.29 is 18.6 Å². The zero-order chi connectivity index (χ0) is 18.3. The van der Waals surface area contributed by atoms with Crippen LogP contribution in [-0.2, 0) is 9.47 Å². The molecule has 6 nitrogen and oxygen atoms in total. The molecule has 0 saturated heterocycles. The van der Waals surface area contributed by atoms with Crippen LogP contribution in [0.25, 0.3) is 0 Å². The second-order valence-corrected chi connectivity index (χ2v) is 5.49. The summed E-state index contributed by atoms with van der Waals surface area (Å²) in [5.74, 6) is 0.930. The molecule has 1 rings (SSSR count). The van der Waals surface area contributed by atoms with E-state index in [1.54, 1.807) is 19.2 Å². The molecule has 0 aliphatic carbocycles. The Morgan fingerprint density at radius 2 is 2.04 bits per heavy atom. The molecule has 1 unspecified atom stereocenters. The zero-order valence-corrected chi connectivity index (χ0v) is 18.1. The summed E-state index contributed by atoms with van der Waals surface area (Å²) in [5.41, 5.74) is 0. The molecule has 2 N–H and O–H groups in total. The molecular weight excluding hydrogens is 452 g/mol. The maximum absolute atomic E-state index is 13.2. The van der Waals surface area contributed by atoms with Crippen LogP contribution in [0.4, 0.5) is 4.39 Å². The summed E-state index contributed by atoms with van der Waals surface area (Å²) >= 11 is 0. The van der Waals surface area contributed by atoms with Gasteiger partial charge >= 0.3 is 0 Å². The summed E-state index contributed by atoms with van der Waals surface area (Å²) in [5, 5.41) is 6.44. The highest BCUT2D eigenvalue weighted by Crippen LogP contribution is 2.13. The topological polar surface area (TPSA) is 64.1 Å². The monoisotopic (exact) mass is 483 g/mol. The number of hydrogen-bond acceptors (Lipinski definition) is 4. The molecule has 0 aliphatic heterocycles. The average Bonchev–Trinajstić information content (AvgIpc) is 2.58. The van der Waals surface area contributed by atoms with Crippen molar-refractivity contribution in [1.82, 2.24) is 10.6 Å². The predicted molar refractivity (Wildman–Crippen MR) is 113 cm³/mol. The summed E-state index contributed by atoms with van der Waals surface area (Å²) in [6.45, 7) is 7.82. The lowest BCUT2D eigenvalue weighted by Crippen LogP contribution is -2.38. The fraction of sp³-hybridized carbons (Fsp3) is 0.611. The number of aliphatic imine (C=N–C) groups is 1. The van der Waals surface area contributed by atoms with E-state index >= 15 is 0 Å². The standard InChI is InChI=1S/C18H30FN3O3.HI/c1-4-20-18(21-9-6-10-24-12-11-23-3)22-14-15(2)25-17-8-5-7-16(19)13-17;/h5,7-8,13,15H,4,6,9-12,14H2,1-3H3,(H2,20,21,22);1H. The van der Waals surface area contributed by atoms with E-state index in [1.165, 1.54) is 12.1 Å². The first kappa shape index (κ1) is 24.9. The van der Waals surface area contributed by atoms with Crippen LogP contribution in [-0.4, -0.2) is 58.6 Å². The van der Waals surface area contributed by atoms with Crippen molar-refractivity contribution in [1.29, 1.82) is 0 Å². The number of hydrogen-bond donors (Lipinski definition) is 2. The van der Waals surface area contributed by atoms with E-state index in [9.17, 15) is 4.39 Å². The molecule has 150 valence electrons. The Morgan fingerprint density at radius 3 is 2.73 bits per heavy atom. The summed E-state index contributed by atoms with van der Waals surface area (Å²) in [4.78, 5) is 4.49. The molecule has 1 atom stereocenters. The minimum Gasteiger partial charge on any atom is -0.489 e. The van der Waals surface area contributed by atoms with Gasteiger partial charge in [-0.05, 0) is 32.4 Å². The average molecular weight is 483 g/mol. The highest BCUT2D eigenvalue weighted by atomic mass is 127. The van der Waals surface area contributed by atoms with Gasteiger partial charge in [-0.2, -0.15) is 0 Å². The minimum absolute atomic E-state index is 0. The van der Waals surface area contributed by atoms with Gasteiger partial charge in [0, 0.05) is 32.9 Å². The van der Waals surface area contributed by atoms with Crippen LogP contribution in [0.3, 0.4) is 0 Å². The Morgan fingerprint density at radius 1 is 1.23 bits per heavy atom. The largest absolute Gasteiger partial charge is 0.489 e. The second-order valence-electron chi connectivity index (χ2n) is 5.49. The molecule has 0 bridgehead atoms. The molecule has 26 heavy (non-hydrogen) atoms. The number of methoxy groups -OCH3 is 1. The van der Waals surface area contributed by atoms with Crippen molar-refractivity contribution in [3.05, 3.63) is 30.1 Å². The first-order valence-electron chi connectivity index (χ1n) is 8.66.